The predicted octanol–water partition coefficient (Wildman–Crippen LogP) is 4.63. The number of primary amides is 1. The summed E-state index contributed by atoms with van der Waals surface area (Å²) >= 11 is 0. The Kier molecular flexibility index (Phi) is 6.46. The van der Waals surface area contributed by atoms with E-state index in [1.807, 2.05) is 0 Å². The first-order valence-corrected chi connectivity index (χ1v) is 10.5. The van der Waals surface area contributed by atoms with Gasteiger partial charge in [0.05, 0.1) is 0 Å². The fourth-order valence-electron chi connectivity index (χ4n) is 3.87. The highest BCUT2D eigenvalue weighted by molar-refractivity contribution is 5.97. The van der Waals surface area contributed by atoms with E-state index in [4.69, 9.17) is 14.9 Å². The van der Waals surface area contributed by atoms with Gasteiger partial charge in [-0.05, 0) is 62.7 Å². The van der Waals surface area contributed by atoms with E-state index < -0.39 is 17.6 Å². The third kappa shape index (κ3) is 4.85. The Morgan fingerprint density at radius 1 is 1.16 bits per heavy atom. The number of carbonyl (C=O) groups is 1. The van der Waals surface area contributed by atoms with Crippen LogP contribution in [0.25, 0.3) is 16.9 Å². The summed E-state index contributed by atoms with van der Waals surface area (Å²) in [5.41, 5.74) is 5.40. The van der Waals surface area contributed by atoms with Crippen LogP contribution in [0.3, 0.4) is 0 Å². The molecule has 1 saturated heterocycles. The lowest BCUT2D eigenvalue weighted by Gasteiger charge is -2.26. The van der Waals surface area contributed by atoms with Crippen molar-refractivity contribution in [1.29, 1.82) is 0 Å². The van der Waals surface area contributed by atoms with Crippen LogP contribution >= 0.6 is 0 Å². The van der Waals surface area contributed by atoms with Crippen molar-refractivity contribution in [2.24, 2.45) is 5.73 Å². The number of oxazole rings is 1. The number of carbonyl (C=O) groups excluding carboxylic acids is 1. The highest BCUT2D eigenvalue weighted by Gasteiger charge is 2.27. The first-order chi connectivity index (χ1) is 15.0. The number of rotatable bonds is 7. The maximum atomic E-state index is 14.2. The van der Waals surface area contributed by atoms with Crippen LogP contribution in [0.15, 0.2) is 46.4 Å². The van der Waals surface area contributed by atoms with Crippen LogP contribution in [0.1, 0.15) is 48.5 Å². The van der Waals surface area contributed by atoms with Crippen molar-refractivity contribution in [3.63, 3.8) is 0 Å². The van der Waals surface area contributed by atoms with Crippen molar-refractivity contribution < 1.29 is 22.7 Å². The Bertz CT molecular complexity index is 1010. The molecule has 2 heterocycles. The molecule has 1 amide bonds. The fraction of sp³-hybridized carbons (Fsp3) is 0.391. The van der Waals surface area contributed by atoms with Gasteiger partial charge in [-0.1, -0.05) is 6.42 Å². The standard InChI is InChI=1S/C23H25F2N3O3/c24-17-5-4-6-18(25)19(17)23-27-20(22(26)29)21(31-23)15-7-9-16(10-8-15)30-14-13-28-11-2-1-3-12-28/h5,7-10H,1-4,6,11-14H2,(H2,26,29). The molecule has 0 bridgehead atoms. The van der Waals surface area contributed by atoms with Gasteiger partial charge in [-0.15, -0.1) is 0 Å². The van der Waals surface area contributed by atoms with E-state index in [0.717, 1.165) is 19.6 Å². The van der Waals surface area contributed by atoms with Crippen molar-refractivity contribution in [3.8, 4) is 17.1 Å². The average molecular weight is 429 g/mol. The summed E-state index contributed by atoms with van der Waals surface area (Å²) in [6.45, 7) is 3.67. The Hall–Kier alpha value is -3.00. The van der Waals surface area contributed by atoms with Gasteiger partial charge >= 0.3 is 0 Å². The van der Waals surface area contributed by atoms with Gasteiger partial charge in [0, 0.05) is 18.5 Å². The zero-order chi connectivity index (χ0) is 21.8. The minimum Gasteiger partial charge on any atom is -0.492 e. The molecule has 0 atom stereocenters. The largest absolute Gasteiger partial charge is 0.492 e. The average Bonchev–Trinajstić information content (AvgIpc) is 3.20. The number of allylic oxidation sites excluding steroid dienone is 4. The molecule has 2 aliphatic rings. The zero-order valence-electron chi connectivity index (χ0n) is 17.2. The second-order valence-corrected chi connectivity index (χ2v) is 7.71. The second kappa shape index (κ2) is 9.43. The molecule has 4 rings (SSSR count). The Morgan fingerprint density at radius 3 is 2.58 bits per heavy atom. The van der Waals surface area contributed by atoms with E-state index in [1.165, 1.54) is 25.3 Å². The summed E-state index contributed by atoms with van der Waals surface area (Å²) in [4.78, 5) is 18.2. The van der Waals surface area contributed by atoms with Crippen LogP contribution in [0.4, 0.5) is 8.78 Å². The highest BCUT2D eigenvalue weighted by Crippen LogP contribution is 2.37. The van der Waals surface area contributed by atoms with Gasteiger partial charge in [-0.3, -0.25) is 9.69 Å². The molecule has 164 valence electrons. The number of hydrogen-bond donors (Lipinski definition) is 1. The van der Waals surface area contributed by atoms with Gasteiger partial charge in [0.25, 0.3) is 5.91 Å². The van der Waals surface area contributed by atoms with Crippen molar-refractivity contribution >= 4 is 11.5 Å². The molecule has 0 radical (unpaired) electrons. The summed E-state index contributed by atoms with van der Waals surface area (Å²) in [6.07, 6.45) is 5.34. The number of likely N-dealkylation sites (tertiary alicyclic amines) is 1. The summed E-state index contributed by atoms with van der Waals surface area (Å²) in [6, 6.07) is 6.90. The molecular weight excluding hydrogens is 404 g/mol. The van der Waals surface area contributed by atoms with Gasteiger partial charge < -0.3 is 14.9 Å². The van der Waals surface area contributed by atoms with E-state index in [0.29, 0.717) is 17.9 Å². The second-order valence-electron chi connectivity index (χ2n) is 7.71. The van der Waals surface area contributed by atoms with E-state index in [9.17, 15) is 13.6 Å². The van der Waals surface area contributed by atoms with Gasteiger partial charge in [0.1, 0.15) is 29.6 Å². The maximum absolute atomic E-state index is 14.2. The van der Waals surface area contributed by atoms with Crippen molar-refractivity contribution in [2.45, 2.75) is 32.1 Å². The molecule has 1 aliphatic heterocycles. The van der Waals surface area contributed by atoms with Gasteiger partial charge in [-0.2, -0.15) is 0 Å². The molecule has 0 spiro atoms. The molecule has 8 heteroatoms. The molecular formula is C23H25F2N3O3. The van der Waals surface area contributed by atoms with Gasteiger partial charge in [-0.25, -0.2) is 13.8 Å². The number of halogens is 2. The molecule has 1 aromatic heterocycles. The van der Waals surface area contributed by atoms with E-state index in [-0.39, 0.29) is 35.8 Å². The molecule has 0 saturated carbocycles. The summed E-state index contributed by atoms with van der Waals surface area (Å²) in [5, 5.41) is 0. The molecule has 0 unspecified atom stereocenters. The van der Waals surface area contributed by atoms with Crippen molar-refractivity contribution in [2.75, 3.05) is 26.2 Å². The van der Waals surface area contributed by atoms with E-state index >= 15 is 0 Å². The zero-order valence-corrected chi connectivity index (χ0v) is 17.2. The Labute approximate surface area is 179 Å². The van der Waals surface area contributed by atoms with Crippen LogP contribution in [-0.2, 0) is 0 Å². The van der Waals surface area contributed by atoms with Gasteiger partial charge in [0.15, 0.2) is 11.5 Å². The lowest BCUT2D eigenvalue weighted by molar-refractivity contribution is 0.0996. The van der Waals surface area contributed by atoms with Crippen LogP contribution in [0.2, 0.25) is 0 Å². The number of benzene rings is 1. The third-order valence-electron chi connectivity index (χ3n) is 5.51. The molecule has 1 aromatic carbocycles. The van der Waals surface area contributed by atoms with E-state index in [1.54, 1.807) is 24.3 Å². The number of hydrogen-bond acceptors (Lipinski definition) is 5. The third-order valence-corrected chi connectivity index (χ3v) is 5.51. The predicted molar refractivity (Wildman–Crippen MR) is 113 cm³/mol. The minimum atomic E-state index is -0.840. The summed E-state index contributed by atoms with van der Waals surface area (Å²) in [7, 11) is 0. The highest BCUT2D eigenvalue weighted by atomic mass is 19.1. The quantitative estimate of drug-likeness (QED) is 0.694. The van der Waals surface area contributed by atoms with Crippen molar-refractivity contribution in [3.05, 3.63) is 53.6 Å². The lowest BCUT2D eigenvalue weighted by atomic mass is 10.0. The maximum Gasteiger partial charge on any atom is 0.271 e. The molecule has 1 aliphatic carbocycles. The van der Waals surface area contributed by atoms with Crippen LogP contribution < -0.4 is 10.5 Å². The molecule has 1 fully saturated rings. The SMILES string of the molecule is NC(=O)c1nc(C2=C(F)CCC=C2F)oc1-c1ccc(OCCN2CCCCC2)cc1. The van der Waals surface area contributed by atoms with Crippen LogP contribution in [-0.4, -0.2) is 42.0 Å². The summed E-state index contributed by atoms with van der Waals surface area (Å²) in [5.74, 6) is -1.81. The molecule has 2 N–H and O–H groups in total. The minimum absolute atomic E-state index is 0.0514. The fourth-order valence-corrected chi connectivity index (χ4v) is 3.87. The first-order valence-electron chi connectivity index (χ1n) is 10.5. The smallest absolute Gasteiger partial charge is 0.271 e. The number of nitrogens with two attached hydrogens (primary N) is 1. The number of piperidine rings is 1. The Balaban J connectivity index is 1.50. The first kappa shape index (κ1) is 21.2. The molecule has 31 heavy (non-hydrogen) atoms. The van der Waals surface area contributed by atoms with Crippen LogP contribution in [0, 0.1) is 0 Å². The number of nitrogens with zero attached hydrogens (tertiary/aromatic N) is 2. The monoisotopic (exact) mass is 429 g/mol. The van der Waals surface area contributed by atoms with Gasteiger partial charge in [0.2, 0.25) is 5.89 Å². The number of aromatic nitrogens is 1. The normalized spacial score (nSPS) is 17.5. The molecule has 6 nitrogen and oxygen atoms in total. The van der Waals surface area contributed by atoms with Crippen molar-refractivity contribution in [1.82, 2.24) is 9.88 Å². The van der Waals surface area contributed by atoms with Crippen LogP contribution in [0.5, 0.6) is 5.75 Å². The summed E-state index contributed by atoms with van der Waals surface area (Å²) < 4.78 is 39.8. The molecule has 2 aromatic rings. The lowest BCUT2D eigenvalue weighted by Crippen LogP contribution is -2.33. The van der Waals surface area contributed by atoms with E-state index in [2.05, 4.69) is 9.88 Å². The number of amides is 1. The number of ether oxygens (including phenoxy) is 1. The topological polar surface area (TPSA) is 81.6 Å². The Morgan fingerprint density at radius 2 is 1.90 bits per heavy atom.